The van der Waals surface area contributed by atoms with Gasteiger partial charge in [0.25, 0.3) is 5.91 Å². The molecule has 5 heterocycles. The number of ether oxygens (including phenoxy) is 2. The lowest BCUT2D eigenvalue weighted by atomic mass is 9.85. The van der Waals surface area contributed by atoms with E-state index in [0.29, 0.717) is 31.2 Å². The molecule has 0 atom stereocenters. The number of amides is 1. The smallest absolute Gasteiger partial charge is 0.276 e. The van der Waals surface area contributed by atoms with Crippen LogP contribution in [0.2, 0.25) is 0 Å². The maximum absolute atomic E-state index is 12.8. The molecular formula is C22H23N3O4S. The maximum atomic E-state index is 12.8. The van der Waals surface area contributed by atoms with Crippen molar-refractivity contribution in [3.05, 3.63) is 52.8 Å². The van der Waals surface area contributed by atoms with E-state index < -0.39 is 0 Å². The normalized spacial score (nSPS) is 17.7. The Kier molecular flexibility index (Phi) is 4.83. The zero-order chi connectivity index (χ0) is 20.7. The Labute approximate surface area is 178 Å². The SMILES string of the molecule is COc1cncc(-c2cc3c(s2)C2(CCN(C(=O)c4ncoc4C)CC2)OCC3)c1. The minimum atomic E-state index is -0.321. The molecule has 1 spiro atoms. The molecule has 0 aromatic carbocycles. The van der Waals surface area contributed by atoms with Crippen LogP contribution in [0.1, 0.15) is 39.5 Å². The summed E-state index contributed by atoms with van der Waals surface area (Å²) in [5, 5.41) is 0. The molecule has 156 valence electrons. The van der Waals surface area contributed by atoms with E-state index in [9.17, 15) is 4.79 Å². The summed E-state index contributed by atoms with van der Waals surface area (Å²) in [5.41, 5.74) is 2.48. The minimum absolute atomic E-state index is 0.0681. The highest BCUT2D eigenvalue weighted by molar-refractivity contribution is 7.15. The summed E-state index contributed by atoms with van der Waals surface area (Å²) in [6.07, 6.45) is 7.37. The second-order valence-corrected chi connectivity index (χ2v) is 8.77. The lowest BCUT2D eigenvalue weighted by molar-refractivity contribution is -0.0906. The zero-order valence-electron chi connectivity index (χ0n) is 17.0. The van der Waals surface area contributed by atoms with Gasteiger partial charge in [0.2, 0.25) is 0 Å². The van der Waals surface area contributed by atoms with Gasteiger partial charge >= 0.3 is 0 Å². The van der Waals surface area contributed by atoms with Gasteiger partial charge in [0, 0.05) is 34.6 Å². The fourth-order valence-electron chi connectivity index (χ4n) is 4.33. The number of aryl methyl sites for hydroxylation is 1. The summed E-state index contributed by atoms with van der Waals surface area (Å²) < 4.78 is 16.9. The summed E-state index contributed by atoms with van der Waals surface area (Å²) in [6.45, 7) is 3.75. The second kappa shape index (κ2) is 7.52. The summed E-state index contributed by atoms with van der Waals surface area (Å²) in [6, 6.07) is 4.27. The van der Waals surface area contributed by atoms with Crippen molar-refractivity contribution in [2.75, 3.05) is 26.8 Å². The topological polar surface area (TPSA) is 77.7 Å². The molecule has 2 aliphatic heterocycles. The Bertz CT molecular complexity index is 1080. The van der Waals surface area contributed by atoms with E-state index in [1.54, 1.807) is 31.6 Å². The van der Waals surface area contributed by atoms with Gasteiger partial charge < -0.3 is 18.8 Å². The number of hydrogen-bond donors (Lipinski definition) is 0. The molecule has 2 aliphatic rings. The first-order valence-corrected chi connectivity index (χ1v) is 10.9. The van der Waals surface area contributed by atoms with E-state index in [1.807, 2.05) is 17.2 Å². The number of hydrogen-bond acceptors (Lipinski definition) is 7. The quantitative estimate of drug-likeness (QED) is 0.635. The summed E-state index contributed by atoms with van der Waals surface area (Å²) in [4.78, 5) is 25.5. The molecule has 0 N–H and O–H groups in total. The van der Waals surface area contributed by atoms with Gasteiger partial charge in [-0.2, -0.15) is 0 Å². The van der Waals surface area contributed by atoms with Crippen LogP contribution in [0.3, 0.4) is 0 Å². The molecular weight excluding hydrogens is 402 g/mol. The maximum Gasteiger partial charge on any atom is 0.276 e. The molecule has 30 heavy (non-hydrogen) atoms. The van der Waals surface area contributed by atoms with Crippen molar-refractivity contribution < 1.29 is 18.7 Å². The van der Waals surface area contributed by atoms with Gasteiger partial charge in [-0.25, -0.2) is 4.98 Å². The van der Waals surface area contributed by atoms with Crippen molar-refractivity contribution in [1.29, 1.82) is 0 Å². The highest BCUT2D eigenvalue weighted by atomic mass is 32.1. The van der Waals surface area contributed by atoms with E-state index in [-0.39, 0.29) is 11.5 Å². The first-order valence-electron chi connectivity index (χ1n) is 10.1. The average Bonchev–Trinajstić information content (AvgIpc) is 3.41. The number of aromatic nitrogens is 2. The van der Waals surface area contributed by atoms with Crippen LogP contribution in [0.4, 0.5) is 0 Å². The largest absolute Gasteiger partial charge is 0.495 e. The molecule has 8 heteroatoms. The van der Waals surface area contributed by atoms with Crippen LogP contribution in [0, 0.1) is 6.92 Å². The van der Waals surface area contributed by atoms with Crippen molar-refractivity contribution >= 4 is 17.2 Å². The molecule has 0 aliphatic carbocycles. The number of likely N-dealkylation sites (tertiary alicyclic amines) is 1. The van der Waals surface area contributed by atoms with Crippen LogP contribution < -0.4 is 4.74 Å². The van der Waals surface area contributed by atoms with E-state index in [4.69, 9.17) is 13.9 Å². The van der Waals surface area contributed by atoms with Crippen molar-refractivity contribution in [3.63, 3.8) is 0 Å². The number of nitrogens with zero attached hydrogens (tertiary/aromatic N) is 3. The molecule has 0 radical (unpaired) electrons. The number of thiophene rings is 1. The van der Waals surface area contributed by atoms with Crippen LogP contribution in [-0.2, 0) is 16.8 Å². The van der Waals surface area contributed by atoms with Gasteiger partial charge in [-0.1, -0.05) is 0 Å². The molecule has 1 saturated heterocycles. The van der Waals surface area contributed by atoms with Gasteiger partial charge in [0.1, 0.15) is 17.1 Å². The first-order chi connectivity index (χ1) is 14.6. The van der Waals surface area contributed by atoms with Crippen LogP contribution in [0.15, 0.2) is 35.3 Å². The lowest BCUT2D eigenvalue weighted by Crippen LogP contribution is -2.48. The molecule has 5 rings (SSSR count). The zero-order valence-corrected chi connectivity index (χ0v) is 17.8. The predicted molar refractivity (Wildman–Crippen MR) is 112 cm³/mol. The monoisotopic (exact) mass is 425 g/mol. The fourth-order valence-corrected chi connectivity index (χ4v) is 5.72. The van der Waals surface area contributed by atoms with Crippen LogP contribution in [0.25, 0.3) is 10.4 Å². The summed E-state index contributed by atoms with van der Waals surface area (Å²) in [5.74, 6) is 1.24. The van der Waals surface area contributed by atoms with E-state index in [1.165, 1.54) is 21.7 Å². The third-order valence-corrected chi connectivity index (χ3v) is 7.42. The van der Waals surface area contributed by atoms with Gasteiger partial charge in [-0.3, -0.25) is 9.78 Å². The Morgan fingerprint density at radius 3 is 2.83 bits per heavy atom. The highest BCUT2D eigenvalue weighted by Gasteiger charge is 2.43. The Morgan fingerprint density at radius 1 is 1.27 bits per heavy atom. The molecule has 1 fully saturated rings. The van der Waals surface area contributed by atoms with Crippen molar-refractivity contribution in [2.45, 2.75) is 31.8 Å². The van der Waals surface area contributed by atoms with E-state index in [0.717, 1.165) is 30.6 Å². The Hall–Kier alpha value is -2.71. The number of piperidine rings is 1. The standard InChI is InChI=1S/C22H23N3O4S/c1-14-19(24-13-28-14)21(26)25-6-4-22(5-7-25)20-15(3-8-29-22)10-18(30-20)16-9-17(27-2)12-23-11-16/h9-13H,3-8H2,1-2H3. The summed E-state index contributed by atoms with van der Waals surface area (Å²) in [7, 11) is 1.65. The van der Waals surface area contributed by atoms with Crippen molar-refractivity contribution in [2.24, 2.45) is 0 Å². The number of pyridine rings is 1. The van der Waals surface area contributed by atoms with E-state index >= 15 is 0 Å². The predicted octanol–water partition coefficient (Wildman–Crippen LogP) is 3.82. The third-order valence-electron chi connectivity index (χ3n) is 6.01. The van der Waals surface area contributed by atoms with Crippen LogP contribution in [0.5, 0.6) is 5.75 Å². The van der Waals surface area contributed by atoms with Gasteiger partial charge in [-0.05, 0) is 43.9 Å². The fraction of sp³-hybridized carbons (Fsp3) is 0.409. The molecule has 1 amide bonds. The number of methoxy groups -OCH3 is 1. The minimum Gasteiger partial charge on any atom is -0.495 e. The van der Waals surface area contributed by atoms with Crippen LogP contribution >= 0.6 is 11.3 Å². The number of carbonyl (C=O) groups is 1. The van der Waals surface area contributed by atoms with Gasteiger partial charge in [0.05, 0.1) is 19.9 Å². The Morgan fingerprint density at radius 2 is 2.10 bits per heavy atom. The average molecular weight is 426 g/mol. The molecule has 0 bridgehead atoms. The third kappa shape index (κ3) is 3.20. The molecule has 7 nitrogen and oxygen atoms in total. The number of fused-ring (bicyclic) bond motifs is 2. The second-order valence-electron chi connectivity index (χ2n) is 7.72. The van der Waals surface area contributed by atoms with Gasteiger partial charge in [0.15, 0.2) is 12.1 Å². The number of oxazole rings is 1. The number of carbonyl (C=O) groups excluding carboxylic acids is 1. The van der Waals surface area contributed by atoms with Crippen molar-refractivity contribution in [3.8, 4) is 16.2 Å². The van der Waals surface area contributed by atoms with Gasteiger partial charge in [-0.15, -0.1) is 11.3 Å². The highest BCUT2D eigenvalue weighted by Crippen LogP contribution is 2.47. The van der Waals surface area contributed by atoms with Crippen molar-refractivity contribution in [1.82, 2.24) is 14.9 Å². The molecule has 3 aromatic rings. The molecule has 0 saturated carbocycles. The number of rotatable bonds is 3. The van der Waals surface area contributed by atoms with Crippen LogP contribution in [-0.4, -0.2) is 47.6 Å². The molecule has 3 aromatic heterocycles. The van der Waals surface area contributed by atoms with E-state index in [2.05, 4.69) is 16.0 Å². The first kappa shape index (κ1) is 19.3. The summed E-state index contributed by atoms with van der Waals surface area (Å²) >= 11 is 1.77. The molecule has 0 unspecified atom stereocenters. The lowest BCUT2D eigenvalue weighted by Gasteiger charge is -2.43. The Balaban J connectivity index is 1.39.